The van der Waals surface area contributed by atoms with Crippen molar-refractivity contribution < 1.29 is 13.6 Å². The number of likely N-dealkylation sites (tertiary alicyclic amines) is 1. The minimum Gasteiger partial charge on any atom is -0.335 e. The van der Waals surface area contributed by atoms with Crippen LogP contribution in [0.4, 0.5) is 8.78 Å². The number of halogens is 2. The lowest BCUT2D eigenvalue weighted by atomic mass is 10.1. The van der Waals surface area contributed by atoms with Crippen LogP contribution in [0.25, 0.3) is 0 Å². The van der Waals surface area contributed by atoms with Gasteiger partial charge in [0.05, 0.1) is 0 Å². The van der Waals surface area contributed by atoms with Crippen LogP contribution in [0, 0.1) is 11.6 Å². The van der Waals surface area contributed by atoms with E-state index in [1.54, 1.807) is 18.2 Å². The molecule has 1 atom stereocenters. The maximum atomic E-state index is 13.6. The van der Waals surface area contributed by atoms with Gasteiger partial charge in [0.25, 0.3) is 0 Å². The summed E-state index contributed by atoms with van der Waals surface area (Å²) in [6.45, 7) is 1.61. The Morgan fingerprint density at radius 2 is 1.96 bits per heavy atom. The van der Waals surface area contributed by atoms with Gasteiger partial charge in [0, 0.05) is 31.1 Å². The summed E-state index contributed by atoms with van der Waals surface area (Å²) in [6, 6.07) is 13.2. The van der Waals surface area contributed by atoms with Gasteiger partial charge in [-0.25, -0.2) is 8.78 Å². The van der Waals surface area contributed by atoms with E-state index in [0.717, 1.165) is 18.4 Å². The second kappa shape index (κ2) is 8.21. The molecule has 1 heterocycles. The Balaban J connectivity index is 1.51. The van der Waals surface area contributed by atoms with E-state index >= 15 is 0 Å². The van der Waals surface area contributed by atoms with Gasteiger partial charge in [-0.1, -0.05) is 30.3 Å². The van der Waals surface area contributed by atoms with E-state index < -0.39 is 0 Å². The van der Waals surface area contributed by atoms with Crippen molar-refractivity contribution in [3.63, 3.8) is 0 Å². The van der Waals surface area contributed by atoms with Crippen molar-refractivity contribution in [2.45, 2.75) is 38.4 Å². The fraction of sp³-hybridized carbons (Fsp3) is 0.350. The predicted octanol–water partition coefficient (Wildman–Crippen LogP) is 3.64. The van der Waals surface area contributed by atoms with Gasteiger partial charge >= 0.3 is 0 Å². The molecule has 1 aliphatic heterocycles. The summed E-state index contributed by atoms with van der Waals surface area (Å²) >= 11 is 0. The zero-order valence-corrected chi connectivity index (χ0v) is 14.1. The first-order chi connectivity index (χ1) is 12.1. The molecule has 2 aromatic rings. The molecule has 1 unspecified atom stereocenters. The van der Waals surface area contributed by atoms with Crippen LogP contribution in [0.1, 0.15) is 30.4 Å². The summed E-state index contributed by atoms with van der Waals surface area (Å²) in [7, 11) is 0. The van der Waals surface area contributed by atoms with Crippen LogP contribution in [0.2, 0.25) is 0 Å². The molecule has 0 aliphatic carbocycles. The molecule has 0 saturated carbocycles. The van der Waals surface area contributed by atoms with E-state index in [2.05, 4.69) is 5.32 Å². The van der Waals surface area contributed by atoms with E-state index in [0.29, 0.717) is 31.6 Å². The van der Waals surface area contributed by atoms with Crippen LogP contribution in [0.15, 0.2) is 48.5 Å². The smallest absolute Gasteiger partial charge is 0.223 e. The number of carbonyl (C=O) groups is 1. The molecule has 3 nitrogen and oxygen atoms in total. The molecule has 1 aliphatic rings. The molecule has 5 heteroatoms. The number of amides is 1. The van der Waals surface area contributed by atoms with Gasteiger partial charge in [0.1, 0.15) is 11.6 Å². The van der Waals surface area contributed by atoms with Gasteiger partial charge in [-0.05, 0) is 43.1 Å². The van der Waals surface area contributed by atoms with Crippen LogP contribution in [0.5, 0.6) is 0 Å². The Kier molecular flexibility index (Phi) is 5.76. The van der Waals surface area contributed by atoms with E-state index in [9.17, 15) is 13.6 Å². The lowest BCUT2D eigenvalue weighted by molar-refractivity contribution is -0.129. The molecular formula is C20H22F2N2O. The van der Waals surface area contributed by atoms with E-state index in [4.69, 9.17) is 0 Å². The lowest BCUT2D eigenvalue weighted by Crippen LogP contribution is -2.34. The number of nitrogens with one attached hydrogen (secondary N) is 1. The summed E-state index contributed by atoms with van der Waals surface area (Å²) in [6.07, 6.45) is 2.15. The van der Waals surface area contributed by atoms with Crippen molar-refractivity contribution in [2.24, 2.45) is 0 Å². The van der Waals surface area contributed by atoms with Gasteiger partial charge in [-0.2, -0.15) is 0 Å². The highest BCUT2D eigenvalue weighted by Gasteiger charge is 2.30. The first-order valence-electron chi connectivity index (χ1n) is 8.61. The minimum atomic E-state index is -0.285. The molecule has 1 amide bonds. The van der Waals surface area contributed by atoms with Crippen molar-refractivity contribution in [3.05, 3.63) is 71.3 Å². The number of hydrogen-bond acceptors (Lipinski definition) is 2. The van der Waals surface area contributed by atoms with Gasteiger partial charge < -0.3 is 10.2 Å². The SMILES string of the molecule is O=C1CCC(CCNCc2ccccc2F)N1Cc1cccc(F)c1. The summed E-state index contributed by atoms with van der Waals surface area (Å²) < 4.78 is 26.9. The van der Waals surface area contributed by atoms with Crippen LogP contribution in [0.3, 0.4) is 0 Å². The van der Waals surface area contributed by atoms with Crippen molar-refractivity contribution in [3.8, 4) is 0 Å². The molecule has 0 spiro atoms. The second-order valence-corrected chi connectivity index (χ2v) is 6.40. The molecule has 132 valence electrons. The average Bonchev–Trinajstić information content (AvgIpc) is 2.93. The van der Waals surface area contributed by atoms with Crippen molar-refractivity contribution in [1.82, 2.24) is 10.2 Å². The molecule has 0 aromatic heterocycles. The van der Waals surface area contributed by atoms with Gasteiger partial charge in [0.15, 0.2) is 0 Å². The van der Waals surface area contributed by atoms with Crippen LogP contribution >= 0.6 is 0 Å². The van der Waals surface area contributed by atoms with Crippen LogP contribution in [-0.4, -0.2) is 23.4 Å². The molecule has 1 N–H and O–H groups in total. The van der Waals surface area contributed by atoms with Gasteiger partial charge in [-0.15, -0.1) is 0 Å². The fourth-order valence-electron chi connectivity index (χ4n) is 3.28. The first-order valence-corrected chi connectivity index (χ1v) is 8.61. The first kappa shape index (κ1) is 17.5. The van der Waals surface area contributed by atoms with Crippen molar-refractivity contribution in [2.75, 3.05) is 6.54 Å². The molecule has 3 rings (SSSR count). The second-order valence-electron chi connectivity index (χ2n) is 6.40. The number of carbonyl (C=O) groups excluding carboxylic acids is 1. The minimum absolute atomic E-state index is 0.114. The third-order valence-corrected chi connectivity index (χ3v) is 4.62. The molecule has 1 fully saturated rings. The summed E-state index contributed by atoms with van der Waals surface area (Å²) in [5.74, 6) is -0.380. The molecular weight excluding hydrogens is 322 g/mol. The molecule has 2 aromatic carbocycles. The fourth-order valence-corrected chi connectivity index (χ4v) is 3.28. The summed E-state index contributed by atoms with van der Waals surface area (Å²) in [4.78, 5) is 14.0. The lowest BCUT2D eigenvalue weighted by Gasteiger charge is -2.25. The Bertz CT molecular complexity index is 735. The monoisotopic (exact) mass is 344 g/mol. The largest absolute Gasteiger partial charge is 0.335 e. The topological polar surface area (TPSA) is 32.3 Å². The molecule has 0 radical (unpaired) electrons. The number of hydrogen-bond donors (Lipinski definition) is 1. The highest BCUT2D eigenvalue weighted by Crippen LogP contribution is 2.23. The Morgan fingerprint density at radius 1 is 1.12 bits per heavy atom. The third kappa shape index (κ3) is 4.63. The third-order valence-electron chi connectivity index (χ3n) is 4.62. The standard InChI is InChI=1S/C20H22F2N2O/c21-17-6-3-4-15(12-17)14-24-18(8-9-20(24)25)10-11-23-13-16-5-1-2-7-19(16)22/h1-7,12,18,23H,8-11,13-14H2. The quantitative estimate of drug-likeness (QED) is 0.778. The average molecular weight is 344 g/mol. The number of rotatable bonds is 7. The zero-order chi connectivity index (χ0) is 17.6. The molecule has 25 heavy (non-hydrogen) atoms. The van der Waals surface area contributed by atoms with Crippen molar-refractivity contribution >= 4 is 5.91 Å². The van der Waals surface area contributed by atoms with Gasteiger partial charge in [0.2, 0.25) is 5.91 Å². The molecule has 0 bridgehead atoms. The van der Waals surface area contributed by atoms with E-state index in [1.807, 2.05) is 17.0 Å². The van der Waals surface area contributed by atoms with Gasteiger partial charge in [-0.3, -0.25) is 4.79 Å². The summed E-state index contributed by atoms with van der Waals surface area (Å²) in [5.41, 5.74) is 1.45. The highest BCUT2D eigenvalue weighted by atomic mass is 19.1. The zero-order valence-electron chi connectivity index (χ0n) is 14.1. The maximum absolute atomic E-state index is 13.6. The maximum Gasteiger partial charge on any atom is 0.223 e. The van der Waals surface area contributed by atoms with Crippen molar-refractivity contribution in [1.29, 1.82) is 0 Å². The number of benzene rings is 2. The molecule has 1 saturated heterocycles. The highest BCUT2D eigenvalue weighted by molar-refractivity contribution is 5.78. The Hall–Kier alpha value is -2.27. The van der Waals surface area contributed by atoms with Crippen LogP contribution < -0.4 is 5.32 Å². The summed E-state index contributed by atoms with van der Waals surface area (Å²) in [5, 5.41) is 3.24. The van der Waals surface area contributed by atoms with E-state index in [1.165, 1.54) is 18.2 Å². The van der Waals surface area contributed by atoms with E-state index in [-0.39, 0.29) is 23.6 Å². The number of nitrogens with zero attached hydrogens (tertiary/aromatic N) is 1. The Morgan fingerprint density at radius 3 is 2.76 bits per heavy atom. The normalized spacial score (nSPS) is 17.3. The predicted molar refractivity (Wildman–Crippen MR) is 92.7 cm³/mol. The Labute approximate surface area is 146 Å². The van der Waals surface area contributed by atoms with Crippen LogP contribution in [-0.2, 0) is 17.9 Å².